The summed E-state index contributed by atoms with van der Waals surface area (Å²) in [4.78, 5) is 13.4. The van der Waals surface area contributed by atoms with Crippen molar-refractivity contribution >= 4 is 17.9 Å². The lowest BCUT2D eigenvalue weighted by atomic mass is 9.95. The third-order valence-electron chi connectivity index (χ3n) is 3.97. The van der Waals surface area contributed by atoms with Crippen molar-refractivity contribution in [3.63, 3.8) is 0 Å². The Kier molecular flexibility index (Phi) is 5.23. The zero-order valence-corrected chi connectivity index (χ0v) is 14.1. The Morgan fingerprint density at radius 1 is 1.17 bits per heavy atom. The van der Waals surface area contributed by atoms with E-state index >= 15 is 0 Å². The SMILES string of the molecule is CCCCOC(=O)N[C@H]1c2ccccc2CSc2ccccc21. The molecule has 0 aromatic heterocycles. The van der Waals surface area contributed by atoms with Crippen LogP contribution in [0.25, 0.3) is 0 Å². The molecule has 1 atom stereocenters. The number of unbranched alkanes of at least 4 members (excludes halogenated alkanes) is 1. The first kappa shape index (κ1) is 15.9. The summed E-state index contributed by atoms with van der Waals surface area (Å²) in [5.41, 5.74) is 3.54. The molecule has 0 bridgehead atoms. The lowest BCUT2D eigenvalue weighted by Crippen LogP contribution is -2.30. The molecule has 2 aromatic carbocycles. The second-order valence-corrected chi connectivity index (χ2v) is 6.61. The standard InChI is InChI=1S/C19H21NO2S/c1-2-3-12-22-19(21)20-18-15-9-5-4-8-14(15)13-23-17-11-7-6-10-16(17)18/h4-11,18H,2-3,12-13H2,1H3,(H,20,21)/t18-/m0/s1. The van der Waals surface area contributed by atoms with Crippen molar-refractivity contribution in [3.8, 4) is 0 Å². The van der Waals surface area contributed by atoms with Gasteiger partial charge in [0.1, 0.15) is 0 Å². The lowest BCUT2D eigenvalue weighted by Gasteiger charge is -2.21. The monoisotopic (exact) mass is 327 g/mol. The van der Waals surface area contributed by atoms with Crippen LogP contribution in [-0.4, -0.2) is 12.7 Å². The van der Waals surface area contributed by atoms with Crippen LogP contribution in [0.2, 0.25) is 0 Å². The molecule has 1 aliphatic rings. The fraction of sp³-hybridized carbons (Fsp3) is 0.316. The van der Waals surface area contributed by atoms with Gasteiger partial charge in [-0.3, -0.25) is 0 Å². The van der Waals surface area contributed by atoms with Crippen LogP contribution in [0.4, 0.5) is 4.79 Å². The maximum absolute atomic E-state index is 12.2. The van der Waals surface area contributed by atoms with E-state index in [1.165, 1.54) is 10.5 Å². The summed E-state index contributed by atoms with van der Waals surface area (Å²) < 4.78 is 5.30. The largest absolute Gasteiger partial charge is 0.450 e. The van der Waals surface area contributed by atoms with Gasteiger partial charge in [-0.25, -0.2) is 4.79 Å². The summed E-state index contributed by atoms with van der Waals surface area (Å²) in [5, 5.41) is 3.06. The van der Waals surface area contributed by atoms with Crippen molar-refractivity contribution in [2.24, 2.45) is 0 Å². The van der Waals surface area contributed by atoms with E-state index in [1.54, 1.807) is 0 Å². The van der Waals surface area contributed by atoms with Gasteiger partial charge in [0.15, 0.2) is 0 Å². The first-order chi connectivity index (χ1) is 11.3. The number of carbonyl (C=O) groups excluding carboxylic acids is 1. The topological polar surface area (TPSA) is 38.3 Å². The van der Waals surface area contributed by atoms with Gasteiger partial charge in [0.2, 0.25) is 0 Å². The van der Waals surface area contributed by atoms with Gasteiger partial charge in [-0.15, -0.1) is 11.8 Å². The van der Waals surface area contributed by atoms with E-state index in [2.05, 4.69) is 36.5 Å². The summed E-state index contributed by atoms with van der Waals surface area (Å²) in [6.45, 7) is 2.55. The van der Waals surface area contributed by atoms with E-state index in [9.17, 15) is 4.79 Å². The van der Waals surface area contributed by atoms with Crippen LogP contribution in [0.5, 0.6) is 0 Å². The minimum Gasteiger partial charge on any atom is -0.450 e. The van der Waals surface area contributed by atoms with E-state index in [0.29, 0.717) is 6.61 Å². The van der Waals surface area contributed by atoms with Gasteiger partial charge in [-0.05, 0) is 29.2 Å². The molecule has 3 nitrogen and oxygen atoms in total. The molecular formula is C19H21NO2S. The van der Waals surface area contributed by atoms with Crippen LogP contribution in [0, 0.1) is 0 Å². The fourth-order valence-corrected chi connectivity index (χ4v) is 3.85. The van der Waals surface area contributed by atoms with Crippen LogP contribution in [0.1, 0.15) is 42.5 Å². The molecule has 1 N–H and O–H groups in total. The average Bonchev–Trinajstić information content (AvgIpc) is 2.73. The molecule has 0 spiro atoms. The highest BCUT2D eigenvalue weighted by Gasteiger charge is 2.25. The number of ether oxygens (including phenoxy) is 1. The number of rotatable bonds is 4. The Balaban J connectivity index is 1.89. The highest BCUT2D eigenvalue weighted by atomic mass is 32.2. The van der Waals surface area contributed by atoms with Gasteiger partial charge in [0, 0.05) is 10.6 Å². The van der Waals surface area contributed by atoms with Gasteiger partial charge < -0.3 is 10.1 Å². The first-order valence-corrected chi connectivity index (χ1v) is 9.01. The van der Waals surface area contributed by atoms with Crippen molar-refractivity contribution in [2.75, 3.05) is 6.61 Å². The molecule has 1 aliphatic heterocycles. The van der Waals surface area contributed by atoms with Gasteiger partial charge in [0.05, 0.1) is 12.6 Å². The van der Waals surface area contributed by atoms with Gasteiger partial charge in [-0.1, -0.05) is 55.8 Å². The molecule has 2 aromatic rings. The van der Waals surface area contributed by atoms with Gasteiger partial charge >= 0.3 is 6.09 Å². The predicted octanol–water partition coefficient (Wildman–Crippen LogP) is 4.91. The lowest BCUT2D eigenvalue weighted by molar-refractivity contribution is 0.142. The number of benzene rings is 2. The van der Waals surface area contributed by atoms with Crippen molar-refractivity contribution in [1.82, 2.24) is 5.32 Å². The highest BCUT2D eigenvalue weighted by Crippen LogP contribution is 2.39. The van der Waals surface area contributed by atoms with Crippen LogP contribution in [0.3, 0.4) is 0 Å². The molecule has 0 fully saturated rings. The predicted molar refractivity (Wildman–Crippen MR) is 93.7 cm³/mol. The fourth-order valence-electron chi connectivity index (χ4n) is 2.74. The number of amides is 1. The van der Waals surface area contributed by atoms with Crippen molar-refractivity contribution in [1.29, 1.82) is 0 Å². The van der Waals surface area contributed by atoms with Crippen molar-refractivity contribution in [2.45, 2.75) is 36.5 Å². The van der Waals surface area contributed by atoms with Crippen molar-refractivity contribution in [3.05, 3.63) is 65.2 Å². The summed E-state index contributed by atoms with van der Waals surface area (Å²) in [7, 11) is 0. The molecule has 0 radical (unpaired) electrons. The Morgan fingerprint density at radius 3 is 2.74 bits per heavy atom. The molecule has 3 rings (SSSR count). The van der Waals surface area contributed by atoms with Crippen LogP contribution in [0.15, 0.2) is 53.4 Å². The van der Waals surface area contributed by atoms with Gasteiger partial charge in [0.25, 0.3) is 0 Å². The maximum Gasteiger partial charge on any atom is 0.407 e. The molecule has 0 unspecified atom stereocenters. The molecule has 0 aliphatic carbocycles. The van der Waals surface area contributed by atoms with Gasteiger partial charge in [-0.2, -0.15) is 0 Å². The molecule has 1 amide bonds. The van der Waals surface area contributed by atoms with E-state index in [0.717, 1.165) is 29.7 Å². The summed E-state index contributed by atoms with van der Waals surface area (Å²) in [5.74, 6) is 0.913. The first-order valence-electron chi connectivity index (χ1n) is 8.02. The molecular weight excluding hydrogens is 306 g/mol. The third kappa shape index (κ3) is 3.70. The normalized spacial score (nSPS) is 16.0. The van der Waals surface area contributed by atoms with E-state index in [4.69, 9.17) is 4.74 Å². The van der Waals surface area contributed by atoms with Crippen LogP contribution >= 0.6 is 11.8 Å². The number of carbonyl (C=O) groups is 1. The number of nitrogens with one attached hydrogen (secondary N) is 1. The summed E-state index contributed by atoms with van der Waals surface area (Å²) >= 11 is 1.81. The van der Waals surface area contributed by atoms with Crippen LogP contribution < -0.4 is 5.32 Å². The number of hydrogen-bond acceptors (Lipinski definition) is 3. The highest BCUT2D eigenvalue weighted by molar-refractivity contribution is 7.98. The van der Waals surface area contributed by atoms with Crippen molar-refractivity contribution < 1.29 is 9.53 Å². The molecule has 120 valence electrons. The number of hydrogen-bond donors (Lipinski definition) is 1. The third-order valence-corrected chi connectivity index (χ3v) is 5.11. The molecule has 0 saturated carbocycles. The maximum atomic E-state index is 12.2. The number of alkyl carbamates (subject to hydrolysis) is 1. The van der Waals surface area contributed by atoms with Crippen LogP contribution in [-0.2, 0) is 10.5 Å². The molecule has 23 heavy (non-hydrogen) atoms. The van der Waals surface area contributed by atoms with E-state index in [-0.39, 0.29) is 12.1 Å². The minimum absolute atomic E-state index is 0.161. The Labute approximate surface area is 141 Å². The Bertz CT molecular complexity index is 639. The smallest absolute Gasteiger partial charge is 0.407 e. The number of thioether (sulfide) groups is 1. The molecule has 4 heteroatoms. The molecule has 1 heterocycles. The van der Waals surface area contributed by atoms with E-state index in [1.807, 2.05) is 36.0 Å². The van der Waals surface area contributed by atoms with E-state index < -0.39 is 0 Å². The quantitative estimate of drug-likeness (QED) is 0.811. The zero-order valence-electron chi connectivity index (χ0n) is 13.2. The minimum atomic E-state index is -0.347. The summed E-state index contributed by atoms with van der Waals surface area (Å²) in [6, 6.07) is 16.4. The Morgan fingerprint density at radius 2 is 1.91 bits per heavy atom. The summed E-state index contributed by atoms with van der Waals surface area (Å²) in [6.07, 6.45) is 1.56. The average molecular weight is 327 g/mol. The zero-order chi connectivity index (χ0) is 16.1. The number of fused-ring (bicyclic) bond motifs is 2. The second-order valence-electron chi connectivity index (χ2n) is 5.59. The Hall–Kier alpha value is -1.94. The second kappa shape index (κ2) is 7.55. The molecule has 0 saturated heterocycles.